The molecule has 2 heterocycles. The molecule has 1 aliphatic heterocycles. The van der Waals surface area contributed by atoms with Crippen molar-refractivity contribution in [3.05, 3.63) is 47.5 Å². The number of hydrogen-bond acceptors (Lipinski definition) is 4. The molecule has 19 heavy (non-hydrogen) atoms. The van der Waals surface area contributed by atoms with E-state index in [1.807, 2.05) is 19.9 Å². The van der Waals surface area contributed by atoms with Crippen molar-refractivity contribution in [2.45, 2.75) is 33.0 Å². The van der Waals surface area contributed by atoms with Crippen LogP contribution in [0.2, 0.25) is 0 Å². The molecule has 0 amide bonds. The summed E-state index contributed by atoms with van der Waals surface area (Å²) in [6.45, 7) is 4.30. The summed E-state index contributed by atoms with van der Waals surface area (Å²) >= 11 is 0. The average Bonchev–Trinajstić information content (AvgIpc) is 2.97. The maximum absolute atomic E-state index is 11.0. The number of ether oxygens (including phenoxy) is 2. The largest absolute Gasteiger partial charge is 0.472 e. The highest BCUT2D eigenvalue weighted by atomic mass is 16.7. The van der Waals surface area contributed by atoms with Crippen LogP contribution in [0, 0.1) is 0 Å². The van der Waals surface area contributed by atoms with E-state index in [0.29, 0.717) is 6.61 Å². The van der Waals surface area contributed by atoms with Crippen LogP contribution in [0.25, 0.3) is 0 Å². The van der Waals surface area contributed by atoms with Gasteiger partial charge in [-0.2, -0.15) is 0 Å². The average molecular weight is 262 g/mol. The second-order valence-corrected chi connectivity index (χ2v) is 4.69. The summed E-state index contributed by atoms with van der Waals surface area (Å²) < 4.78 is 15.5. The van der Waals surface area contributed by atoms with Crippen molar-refractivity contribution in [2.75, 3.05) is 6.61 Å². The van der Waals surface area contributed by atoms with E-state index in [4.69, 9.17) is 13.9 Å². The van der Waals surface area contributed by atoms with E-state index in [-0.39, 0.29) is 5.97 Å². The fraction of sp³-hybridized carbons (Fsp3) is 0.400. The Bertz CT molecular complexity index is 482. The van der Waals surface area contributed by atoms with Crippen molar-refractivity contribution in [3.8, 4) is 0 Å². The molecule has 1 aliphatic rings. The normalized spacial score (nSPS) is 19.5. The van der Waals surface area contributed by atoms with Gasteiger partial charge in [-0.15, -0.1) is 0 Å². The van der Waals surface area contributed by atoms with Gasteiger partial charge in [-0.3, -0.25) is 0 Å². The number of hydrogen-bond donors (Lipinski definition) is 0. The van der Waals surface area contributed by atoms with Crippen LogP contribution in [0.15, 0.2) is 46.3 Å². The van der Waals surface area contributed by atoms with Crippen molar-refractivity contribution in [1.82, 2.24) is 0 Å². The van der Waals surface area contributed by atoms with Crippen LogP contribution in [-0.4, -0.2) is 18.9 Å². The van der Waals surface area contributed by atoms with E-state index in [1.54, 1.807) is 12.5 Å². The highest BCUT2D eigenvalue weighted by molar-refractivity contribution is 5.85. The summed E-state index contributed by atoms with van der Waals surface area (Å²) in [6, 6.07) is 1.96. The predicted molar refractivity (Wildman–Crippen MR) is 70.4 cm³/mol. The lowest BCUT2D eigenvalue weighted by Gasteiger charge is -2.13. The molecule has 1 aromatic heterocycles. The monoisotopic (exact) mass is 262 g/mol. The number of furan rings is 1. The molecule has 0 unspecified atom stereocenters. The van der Waals surface area contributed by atoms with Gasteiger partial charge in [-0.05, 0) is 38.3 Å². The smallest absolute Gasteiger partial charge is 0.333 e. The van der Waals surface area contributed by atoms with Crippen LogP contribution < -0.4 is 0 Å². The SMILES string of the molecule is CC(=CCCc1ccoc1)CO[C@@H]1OC(=O)C=C1C. The molecule has 1 aromatic rings. The third-order valence-corrected chi connectivity index (χ3v) is 2.91. The highest BCUT2D eigenvalue weighted by Gasteiger charge is 2.23. The first kappa shape index (κ1) is 13.6. The molecule has 0 aromatic carbocycles. The Hall–Kier alpha value is -1.81. The van der Waals surface area contributed by atoms with E-state index < -0.39 is 6.29 Å². The number of carbonyl (C=O) groups is 1. The number of rotatable bonds is 6. The molecule has 0 N–H and O–H groups in total. The zero-order valence-corrected chi connectivity index (χ0v) is 11.2. The van der Waals surface area contributed by atoms with Crippen LogP contribution in [0.3, 0.4) is 0 Å². The predicted octanol–water partition coefficient (Wildman–Crippen LogP) is 3.00. The fourth-order valence-corrected chi connectivity index (χ4v) is 1.84. The van der Waals surface area contributed by atoms with Crippen LogP contribution >= 0.6 is 0 Å². The zero-order valence-electron chi connectivity index (χ0n) is 11.2. The number of allylic oxidation sites excluding steroid dienone is 1. The van der Waals surface area contributed by atoms with Gasteiger partial charge in [-0.25, -0.2) is 4.79 Å². The van der Waals surface area contributed by atoms with Gasteiger partial charge >= 0.3 is 5.97 Å². The van der Waals surface area contributed by atoms with E-state index >= 15 is 0 Å². The van der Waals surface area contributed by atoms with E-state index in [2.05, 4.69) is 6.08 Å². The summed E-state index contributed by atoms with van der Waals surface area (Å²) in [5.74, 6) is -0.330. The quantitative estimate of drug-likeness (QED) is 0.584. The lowest BCUT2D eigenvalue weighted by Crippen LogP contribution is -2.16. The van der Waals surface area contributed by atoms with Crippen molar-refractivity contribution in [1.29, 1.82) is 0 Å². The molecule has 1 atom stereocenters. The maximum Gasteiger partial charge on any atom is 0.333 e. The lowest BCUT2D eigenvalue weighted by atomic mass is 10.1. The van der Waals surface area contributed by atoms with Gasteiger partial charge in [-0.1, -0.05) is 11.6 Å². The Labute approximate surface area is 112 Å². The zero-order chi connectivity index (χ0) is 13.7. The molecule has 2 rings (SSSR count). The number of aryl methyl sites for hydroxylation is 1. The maximum atomic E-state index is 11.0. The van der Waals surface area contributed by atoms with E-state index in [9.17, 15) is 4.79 Å². The molecular weight excluding hydrogens is 244 g/mol. The molecule has 0 bridgehead atoms. The van der Waals surface area contributed by atoms with Crippen LogP contribution in [-0.2, 0) is 20.7 Å². The minimum atomic E-state index is -0.523. The Morgan fingerprint density at radius 3 is 3.00 bits per heavy atom. The molecule has 0 aliphatic carbocycles. The second kappa shape index (κ2) is 6.38. The molecule has 0 fully saturated rings. The molecule has 0 saturated heterocycles. The molecule has 0 saturated carbocycles. The second-order valence-electron chi connectivity index (χ2n) is 4.69. The fourth-order valence-electron chi connectivity index (χ4n) is 1.84. The number of esters is 1. The van der Waals surface area contributed by atoms with Gasteiger partial charge in [0.15, 0.2) is 0 Å². The number of carbonyl (C=O) groups excluding carboxylic acids is 1. The Morgan fingerprint density at radius 1 is 1.53 bits per heavy atom. The summed E-state index contributed by atoms with van der Waals surface area (Å²) in [5.41, 5.74) is 3.13. The van der Waals surface area contributed by atoms with Gasteiger partial charge in [0.2, 0.25) is 6.29 Å². The molecule has 0 radical (unpaired) electrons. The molecular formula is C15H18O4. The van der Waals surface area contributed by atoms with Crippen molar-refractivity contribution in [3.63, 3.8) is 0 Å². The first-order chi connectivity index (χ1) is 9.15. The van der Waals surface area contributed by atoms with Gasteiger partial charge in [0.1, 0.15) is 0 Å². The summed E-state index contributed by atoms with van der Waals surface area (Å²) in [4.78, 5) is 11.0. The molecule has 4 heteroatoms. The van der Waals surface area contributed by atoms with E-state index in [0.717, 1.165) is 24.0 Å². The summed E-state index contributed by atoms with van der Waals surface area (Å²) in [6.07, 6.45) is 8.39. The van der Waals surface area contributed by atoms with E-state index in [1.165, 1.54) is 11.6 Å². The lowest BCUT2D eigenvalue weighted by molar-refractivity contribution is -0.157. The standard InChI is InChI=1S/C15H18O4/c1-11(4-3-5-13-6-7-17-10-13)9-18-15-12(2)8-14(16)19-15/h4,6-8,10,15H,3,5,9H2,1-2H3/t15-/m1/s1. The Balaban J connectivity index is 1.70. The van der Waals surface area contributed by atoms with Crippen LogP contribution in [0.5, 0.6) is 0 Å². The van der Waals surface area contributed by atoms with Crippen LogP contribution in [0.1, 0.15) is 25.8 Å². The Morgan fingerprint density at radius 2 is 2.37 bits per heavy atom. The van der Waals surface area contributed by atoms with Crippen molar-refractivity contribution in [2.24, 2.45) is 0 Å². The van der Waals surface area contributed by atoms with Gasteiger partial charge < -0.3 is 13.9 Å². The number of cyclic esters (lactones) is 1. The first-order valence-electron chi connectivity index (χ1n) is 6.32. The van der Waals surface area contributed by atoms with Crippen LogP contribution in [0.4, 0.5) is 0 Å². The topological polar surface area (TPSA) is 48.7 Å². The minimum Gasteiger partial charge on any atom is -0.472 e. The first-order valence-corrected chi connectivity index (χ1v) is 6.32. The Kier molecular flexibility index (Phi) is 4.58. The molecule has 0 spiro atoms. The summed E-state index contributed by atoms with van der Waals surface area (Å²) in [5, 5.41) is 0. The highest BCUT2D eigenvalue weighted by Crippen LogP contribution is 2.16. The van der Waals surface area contributed by atoms with Gasteiger partial charge in [0.05, 0.1) is 19.1 Å². The van der Waals surface area contributed by atoms with Crippen molar-refractivity contribution >= 4 is 5.97 Å². The minimum absolute atomic E-state index is 0.330. The third-order valence-electron chi connectivity index (χ3n) is 2.91. The van der Waals surface area contributed by atoms with Crippen molar-refractivity contribution < 1.29 is 18.7 Å². The summed E-state index contributed by atoms with van der Waals surface area (Å²) in [7, 11) is 0. The molecule has 102 valence electrons. The molecule has 4 nitrogen and oxygen atoms in total. The third kappa shape index (κ3) is 4.10. The van der Waals surface area contributed by atoms with Gasteiger partial charge in [0.25, 0.3) is 0 Å². The van der Waals surface area contributed by atoms with Gasteiger partial charge in [0, 0.05) is 11.6 Å².